The summed E-state index contributed by atoms with van der Waals surface area (Å²) in [6, 6.07) is -0.345. The molecule has 1 amide bonds. The molecule has 0 aromatic heterocycles. The summed E-state index contributed by atoms with van der Waals surface area (Å²) in [4.78, 5) is 10.8. The fraction of sp³-hybridized carbons (Fsp3) is 0.875. The molecule has 0 unspecified atom stereocenters. The van der Waals surface area contributed by atoms with Gasteiger partial charge in [0.05, 0.1) is 18.2 Å². The van der Waals surface area contributed by atoms with Crippen LogP contribution in [0.15, 0.2) is 0 Å². The fourth-order valence-electron chi connectivity index (χ4n) is 1.49. The van der Waals surface area contributed by atoms with Crippen LogP contribution in [-0.4, -0.2) is 47.5 Å². The lowest BCUT2D eigenvalue weighted by molar-refractivity contribution is -0.120. The Kier molecular flexibility index (Phi) is 3.65. The van der Waals surface area contributed by atoms with Crippen LogP contribution in [-0.2, 0) is 4.79 Å². The minimum atomic E-state index is -0.624. The fourth-order valence-corrected chi connectivity index (χ4v) is 1.49. The third-order valence-electron chi connectivity index (χ3n) is 2.11. The first-order valence-corrected chi connectivity index (χ1v) is 4.43. The van der Waals surface area contributed by atoms with Gasteiger partial charge in [-0.05, 0) is 6.42 Å². The second-order valence-corrected chi connectivity index (χ2v) is 3.42. The zero-order chi connectivity index (χ0) is 9.84. The van der Waals surface area contributed by atoms with E-state index in [0.29, 0.717) is 19.5 Å². The van der Waals surface area contributed by atoms with Gasteiger partial charge in [0.15, 0.2) is 0 Å². The van der Waals surface area contributed by atoms with Crippen LogP contribution in [0.5, 0.6) is 0 Å². The smallest absolute Gasteiger partial charge is 0.217 e. The van der Waals surface area contributed by atoms with Crippen LogP contribution in [0, 0.1) is 0 Å². The van der Waals surface area contributed by atoms with Crippen molar-refractivity contribution in [3.63, 3.8) is 0 Å². The molecule has 0 bridgehead atoms. The van der Waals surface area contributed by atoms with Crippen LogP contribution in [0.2, 0.25) is 0 Å². The van der Waals surface area contributed by atoms with Crippen LogP contribution in [0.3, 0.4) is 0 Å². The molecule has 76 valence electrons. The number of aliphatic hydroxyl groups excluding tert-OH is 2. The van der Waals surface area contributed by atoms with Crippen molar-refractivity contribution in [2.45, 2.75) is 31.6 Å². The molecule has 1 fully saturated rings. The van der Waals surface area contributed by atoms with E-state index in [-0.39, 0.29) is 11.9 Å². The van der Waals surface area contributed by atoms with Crippen LogP contribution in [0.1, 0.15) is 13.3 Å². The van der Waals surface area contributed by atoms with Crippen LogP contribution in [0.25, 0.3) is 0 Å². The summed E-state index contributed by atoms with van der Waals surface area (Å²) in [7, 11) is 0. The van der Waals surface area contributed by atoms with E-state index < -0.39 is 12.2 Å². The highest BCUT2D eigenvalue weighted by Gasteiger charge is 2.25. The molecule has 1 saturated heterocycles. The molecule has 0 aliphatic carbocycles. The molecule has 0 spiro atoms. The lowest BCUT2D eigenvalue weighted by atomic mass is 10.1. The van der Waals surface area contributed by atoms with Gasteiger partial charge in [-0.25, -0.2) is 0 Å². The summed E-state index contributed by atoms with van der Waals surface area (Å²) in [6.45, 7) is 2.27. The Morgan fingerprint density at radius 3 is 2.77 bits per heavy atom. The molecule has 1 aliphatic rings. The zero-order valence-electron chi connectivity index (χ0n) is 7.66. The Morgan fingerprint density at radius 2 is 2.15 bits per heavy atom. The van der Waals surface area contributed by atoms with Gasteiger partial charge in [0.25, 0.3) is 0 Å². The number of rotatable bonds is 1. The highest BCUT2D eigenvalue weighted by atomic mass is 16.3. The van der Waals surface area contributed by atoms with E-state index in [9.17, 15) is 15.0 Å². The SMILES string of the molecule is CC(=O)N[C@@H]1C[C@@H](O)CNC[C@H]1O. The summed E-state index contributed by atoms with van der Waals surface area (Å²) in [5.41, 5.74) is 0. The van der Waals surface area contributed by atoms with Crippen molar-refractivity contribution in [1.29, 1.82) is 0 Å². The van der Waals surface area contributed by atoms with Crippen LogP contribution < -0.4 is 10.6 Å². The molecule has 4 N–H and O–H groups in total. The van der Waals surface area contributed by atoms with Gasteiger partial charge in [0.2, 0.25) is 5.91 Å². The van der Waals surface area contributed by atoms with Crippen LogP contribution in [0.4, 0.5) is 0 Å². The van der Waals surface area contributed by atoms with Crippen molar-refractivity contribution in [1.82, 2.24) is 10.6 Å². The number of hydrogen-bond acceptors (Lipinski definition) is 4. The molecule has 1 aliphatic heterocycles. The maximum absolute atomic E-state index is 10.8. The van der Waals surface area contributed by atoms with Crippen molar-refractivity contribution in [2.24, 2.45) is 0 Å². The highest BCUT2D eigenvalue weighted by molar-refractivity contribution is 5.73. The molecule has 0 saturated carbocycles. The third-order valence-corrected chi connectivity index (χ3v) is 2.11. The maximum Gasteiger partial charge on any atom is 0.217 e. The predicted molar refractivity (Wildman–Crippen MR) is 47.1 cm³/mol. The molecule has 13 heavy (non-hydrogen) atoms. The van der Waals surface area contributed by atoms with Crippen molar-refractivity contribution in [2.75, 3.05) is 13.1 Å². The number of nitrogens with one attached hydrogen (secondary N) is 2. The first-order valence-electron chi connectivity index (χ1n) is 4.43. The number of β-amino-alcohol motifs (C(OH)–C–C–N with tert-alkyl or cyclic N) is 2. The minimum Gasteiger partial charge on any atom is -0.392 e. The Balaban J connectivity index is 2.51. The van der Waals surface area contributed by atoms with E-state index >= 15 is 0 Å². The molecule has 1 rings (SSSR count). The highest BCUT2D eigenvalue weighted by Crippen LogP contribution is 2.06. The molecule has 5 nitrogen and oxygen atoms in total. The third kappa shape index (κ3) is 3.30. The molecule has 0 radical (unpaired) electrons. The van der Waals surface area contributed by atoms with E-state index in [4.69, 9.17) is 0 Å². The van der Waals surface area contributed by atoms with E-state index in [1.165, 1.54) is 6.92 Å². The van der Waals surface area contributed by atoms with Gasteiger partial charge < -0.3 is 20.8 Å². The number of amides is 1. The van der Waals surface area contributed by atoms with Gasteiger partial charge in [0.1, 0.15) is 0 Å². The Bertz CT molecular complexity index is 186. The van der Waals surface area contributed by atoms with Crippen molar-refractivity contribution >= 4 is 5.91 Å². The average Bonchev–Trinajstić information content (AvgIpc) is 2.14. The molecule has 3 atom stereocenters. The largest absolute Gasteiger partial charge is 0.392 e. The molecule has 1 heterocycles. The lowest BCUT2D eigenvalue weighted by Crippen LogP contribution is -2.45. The predicted octanol–water partition coefficient (Wildman–Crippen LogP) is -1.79. The first-order chi connectivity index (χ1) is 6.09. The van der Waals surface area contributed by atoms with Crippen molar-refractivity contribution in [3.8, 4) is 0 Å². The van der Waals surface area contributed by atoms with Gasteiger partial charge >= 0.3 is 0 Å². The van der Waals surface area contributed by atoms with Gasteiger partial charge in [-0.2, -0.15) is 0 Å². The summed E-state index contributed by atoms with van der Waals surface area (Å²) in [6.07, 6.45) is -0.733. The van der Waals surface area contributed by atoms with Crippen LogP contribution >= 0.6 is 0 Å². The summed E-state index contributed by atoms with van der Waals surface area (Å²) in [5, 5.41) is 24.4. The van der Waals surface area contributed by atoms with E-state index in [1.807, 2.05) is 0 Å². The quantitative estimate of drug-likeness (QED) is 0.391. The second kappa shape index (κ2) is 4.55. The van der Waals surface area contributed by atoms with Crippen molar-refractivity contribution < 1.29 is 15.0 Å². The second-order valence-electron chi connectivity index (χ2n) is 3.42. The maximum atomic E-state index is 10.8. The Labute approximate surface area is 77.1 Å². The Morgan fingerprint density at radius 1 is 1.46 bits per heavy atom. The lowest BCUT2D eigenvalue weighted by Gasteiger charge is -2.21. The number of aliphatic hydroxyl groups is 2. The standard InChI is InChI=1S/C8H16N2O3/c1-5(11)10-7-2-6(12)3-9-4-8(7)13/h6-9,12-13H,2-4H2,1H3,(H,10,11)/t6-,7-,8-/m1/s1. The van der Waals surface area contributed by atoms with Gasteiger partial charge in [-0.15, -0.1) is 0 Å². The van der Waals surface area contributed by atoms with E-state index in [1.54, 1.807) is 0 Å². The number of carbonyl (C=O) groups is 1. The first kappa shape index (κ1) is 10.4. The van der Waals surface area contributed by atoms with Gasteiger partial charge in [-0.3, -0.25) is 4.79 Å². The van der Waals surface area contributed by atoms with E-state index in [2.05, 4.69) is 10.6 Å². The Hall–Kier alpha value is -0.650. The summed E-state index contributed by atoms with van der Waals surface area (Å²) >= 11 is 0. The summed E-state index contributed by atoms with van der Waals surface area (Å²) < 4.78 is 0. The average molecular weight is 188 g/mol. The van der Waals surface area contributed by atoms with Crippen molar-refractivity contribution in [3.05, 3.63) is 0 Å². The van der Waals surface area contributed by atoms with E-state index in [0.717, 1.165) is 0 Å². The number of carbonyl (C=O) groups excluding carboxylic acids is 1. The summed E-state index contributed by atoms with van der Waals surface area (Å²) in [5.74, 6) is -0.182. The molecule has 0 aromatic carbocycles. The topological polar surface area (TPSA) is 81.6 Å². The molecular formula is C8H16N2O3. The number of hydrogen-bond donors (Lipinski definition) is 4. The van der Waals surface area contributed by atoms with Gasteiger partial charge in [-0.1, -0.05) is 0 Å². The van der Waals surface area contributed by atoms with Gasteiger partial charge in [0, 0.05) is 20.0 Å². The molecule has 5 heteroatoms. The normalized spacial score (nSPS) is 35.2. The monoisotopic (exact) mass is 188 g/mol. The molecule has 0 aromatic rings. The zero-order valence-corrected chi connectivity index (χ0v) is 7.66. The molecular weight excluding hydrogens is 172 g/mol. The minimum absolute atomic E-state index is 0.182.